The molecule has 0 atom stereocenters. The number of rotatable bonds is 7. The second-order valence-corrected chi connectivity index (χ2v) is 5.50. The Morgan fingerprint density at radius 1 is 1.47 bits per heavy atom. The predicted octanol–water partition coefficient (Wildman–Crippen LogP) is 2.86. The number of nitrogens with zero attached hydrogens (tertiary/aromatic N) is 1. The van der Waals surface area contributed by atoms with E-state index in [1.807, 2.05) is 6.92 Å². The summed E-state index contributed by atoms with van der Waals surface area (Å²) in [6.45, 7) is 6.35. The van der Waals surface area contributed by atoms with Gasteiger partial charge in [0.1, 0.15) is 0 Å². The zero-order valence-corrected chi connectivity index (χ0v) is 11.4. The van der Waals surface area contributed by atoms with E-state index in [2.05, 4.69) is 18.3 Å². The molecule has 0 saturated heterocycles. The summed E-state index contributed by atoms with van der Waals surface area (Å²) < 4.78 is 24.4. The average Bonchev–Trinajstić information content (AvgIpc) is 2.55. The molecule has 0 aromatic carbocycles. The van der Waals surface area contributed by atoms with E-state index in [-0.39, 0.29) is 6.54 Å². The van der Waals surface area contributed by atoms with Crippen LogP contribution in [0, 0.1) is 6.92 Å². The maximum atomic E-state index is 12.2. The summed E-state index contributed by atoms with van der Waals surface area (Å²) in [5.74, 6) is 0. The molecule has 1 heterocycles. The van der Waals surface area contributed by atoms with Crippen LogP contribution in [0.3, 0.4) is 0 Å². The van der Waals surface area contributed by atoms with Crippen molar-refractivity contribution < 1.29 is 8.78 Å². The van der Waals surface area contributed by atoms with Crippen LogP contribution in [0.4, 0.5) is 8.78 Å². The largest absolute Gasteiger partial charge is 0.312 e. The van der Waals surface area contributed by atoms with Gasteiger partial charge < -0.3 is 5.32 Å². The van der Waals surface area contributed by atoms with Crippen LogP contribution >= 0.6 is 11.3 Å². The average molecular weight is 262 g/mol. The van der Waals surface area contributed by atoms with Crippen LogP contribution in [0.5, 0.6) is 0 Å². The van der Waals surface area contributed by atoms with Gasteiger partial charge in [0.25, 0.3) is 6.43 Å². The minimum atomic E-state index is -2.26. The van der Waals surface area contributed by atoms with Crippen molar-refractivity contribution in [1.82, 2.24) is 10.2 Å². The van der Waals surface area contributed by atoms with Gasteiger partial charge in [-0.1, -0.05) is 6.92 Å². The van der Waals surface area contributed by atoms with Crippen LogP contribution in [0.25, 0.3) is 0 Å². The molecule has 0 radical (unpaired) electrons. The summed E-state index contributed by atoms with van der Waals surface area (Å²) in [6, 6.07) is 2.12. The minimum Gasteiger partial charge on any atom is -0.312 e. The van der Waals surface area contributed by atoms with Crippen molar-refractivity contribution >= 4 is 11.3 Å². The molecule has 0 amide bonds. The lowest BCUT2D eigenvalue weighted by Gasteiger charge is -2.15. The number of aryl methyl sites for hydroxylation is 1. The van der Waals surface area contributed by atoms with E-state index in [0.29, 0.717) is 6.54 Å². The van der Waals surface area contributed by atoms with Crippen molar-refractivity contribution in [2.24, 2.45) is 0 Å². The summed E-state index contributed by atoms with van der Waals surface area (Å²) in [6.07, 6.45) is -2.26. The number of halogens is 2. The number of thiophene rings is 1. The van der Waals surface area contributed by atoms with Gasteiger partial charge in [-0.3, -0.25) is 4.90 Å². The van der Waals surface area contributed by atoms with Gasteiger partial charge in [-0.15, -0.1) is 11.3 Å². The lowest BCUT2D eigenvalue weighted by molar-refractivity contribution is 0.0975. The molecule has 0 spiro atoms. The molecule has 1 aromatic heterocycles. The summed E-state index contributed by atoms with van der Waals surface area (Å²) in [7, 11) is 1.73. The molecule has 0 aliphatic heterocycles. The fraction of sp³-hybridized carbons (Fsp3) is 0.667. The van der Waals surface area contributed by atoms with Crippen molar-refractivity contribution in [3.05, 3.63) is 21.4 Å². The van der Waals surface area contributed by atoms with Gasteiger partial charge in [0.05, 0.1) is 6.54 Å². The highest BCUT2D eigenvalue weighted by Crippen LogP contribution is 2.22. The molecule has 1 rings (SSSR count). The van der Waals surface area contributed by atoms with Crippen molar-refractivity contribution in [3.63, 3.8) is 0 Å². The lowest BCUT2D eigenvalue weighted by atomic mass is 10.2. The SMILES string of the molecule is CCNCc1cc(CN(C)CC(F)F)c(C)s1. The Bertz CT molecular complexity index is 339. The Kier molecular flexibility index (Phi) is 6.02. The third-order valence-corrected chi connectivity index (χ3v) is 3.60. The predicted molar refractivity (Wildman–Crippen MR) is 68.8 cm³/mol. The molecule has 5 heteroatoms. The Labute approximate surface area is 106 Å². The first kappa shape index (κ1) is 14.5. The molecule has 98 valence electrons. The number of hydrogen-bond donors (Lipinski definition) is 1. The van der Waals surface area contributed by atoms with Gasteiger partial charge in [0.2, 0.25) is 0 Å². The molecular formula is C12H20F2N2S. The molecule has 1 aromatic rings. The zero-order valence-electron chi connectivity index (χ0n) is 10.6. The maximum absolute atomic E-state index is 12.2. The molecule has 17 heavy (non-hydrogen) atoms. The van der Waals surface area contributed by atoms with E-state index < -0.39 is 6.43 Å². The van der Waals surface area contributed by atoms with Crippen molar-refractivity contribution in [3.8, 4) is 0 Å². The fourth-order valence-electron chi connectivity index (χ4n) is 1.67. The zero-order chi connectivity index (χ0) is 12.8. The third kappa shape index (κ3) is 5.10. The molecule has 0 bridgehead atoms. The minimum absolute atomic E-state index is 0.169. The van der Waals surface area contributed by atoms with E-state index in [9.17, 15) is 8.78 Å². The highest BCUT2D eigenvalue weighted by atomic mass is 32.1. The topological polar surface area (TPSA) is 15.3 Å². The van der Waals surface area contributed by atoms with Crippen LogP contribution in [0.2, 0.25) is 0 Å². The van der Waals surface area contributed by atoms with Gasteiger partial charge in [-0.05, 0) is 32.1 Å². The number of alkyl halides is 2. The molecule has 0 fully saturated rings. The Hall–Kier alpha value is -0.520. The highest BCUT2D eigenvalue weighted by Gasteiger charge is 2.11. The Balaban J connectivity index is 2.55. The van der Waals surface area contributed by atoms with Gasteiger partial charge >= 0.3 is 0 Å². The van der Waals surface area contributed by atoms with E-state index in [1.54, 1.807) is 23.3 Å². The van der Waals surface area contributed by atoms with Crippen LogP contribution < -0.4 is 5.32 Å². The van der Waals surface area contributed by atoms with Gasteiger partial charge in [0, 0.05) is 22.8 Å². The fourth-order valence-corrected chi connectivity index (χ4v) is 2.69. The van der Waals surface area contributed by atoms with Crippen LogP contribution in [-0.2, 0) is 13.1 Å². The second kappa shape index (κ2) is 7.03. The van der Waals surface area contributed by atoms with Gasteiger partial charge in [0.15, 0.2) is 0 Å². The molecule has 0 saturated carbocycles. The Morgan fingerprint density at radius 3 is 2.76 bits per heavy atom. The maximum Gasteiger partial charge on any atom is 0.251 e. The first-order valence-electron chi connectivity index (χ1n) is 5.78. The number of hydrogen-bond acceptors (Lipinski definition) is 3. The van der Waals surface area contributed by atoms with Crippen LogP contribution in [0.15, 0.2) is 6.07 Å². The normalized spacial score (nSPS) is 11.7. The lowest BCUT2D eigenvalue weighted by Crippen LogP contribution is -2.24. The summed E-state index contributed by atoms with van der Waals surface area (Å²) in [5, 5.41) is 3.27. The quantitative estimate of drug-likeness (QED) is 0.813. The molecular weight excluding hydrogens is 242 g/mol. The van der Waals surface area contributed by atoms with Crippen molar-refractivity contribution in [2.75, 3.05) is 20.1 Å². The summed E-state index contributed by atoms with van der Waals surface area (Å²) >= 11 is 1.74. The van der Waals surface area contributed by atoms with E-state index in [1.165, 1.54) is 9.75 Å². The van der Waals surface area contributed by atoms with Gasteiger partial charge in [-0.25, -0.2) is 8.78 Å². The molecule has 2 nitrogen and oxygen atoms in total. The van der Waals surface area contributed by atoms with Crippen molar-refractivity contribution in [1.29, 1.82) is 0 Å². The monoisotopic (exact) mass is 262 g/mol. The van der Waals surface area contributed by atoms with E-state index in [0.717, 1.165) is 18.7 Å². The van der Waals surface area contributed by atoms with Gasteiger partial charge in [-0.2, -0.15) is 0 Å². The van der Waals surface area contributed by atoms with Crippen LogP contribution in [0.1, 0.15) is 22.2 Å². The third-order valence-electron chi connectivity index (χ3n) is 2.51. The molecule has 0 aliphatic rings. The van der Waals surface area contributed by atoms with E-state index >= 15 is 0 Å². The first-order chi connectivity index (χ1) is 8.02. The van der Waals surface area contributed by atoms with E-state index in [4.69, 9.17) is 0 Å². The van der Waals surface area contributed by atoms with Crippen molar-refractivity contribution in [2.45, 2.75) is 33.4 Å². The highest BCUT2D eigenvalue weighted by molar-refractivity contribution is 7.12. The molecule has 1 N–H and O–H groups in total. The number of nitrogens with one attached hydrogen (secondary N) is 1. The first-order valence-corrected chi connectivity index (χ1v) is 6.60. The summed E-state index contributed by atoms with van der Waals surface area (Å²) in [4.78, 5) is 4.15. The summed E-state index contributed by atoms with van der Waals surface area (Å²) in [5.41, 5.74) is 1.16. The molecule has 0 unspecified atom stereocenters. The second-order valence-electron chi connectivity index (χ2n) is 4.16. The van der Waals surface area contributed by atoms with Crippen LogP contribution in [-0.4, -0.2) is 31.5 Å². The standard InChI is InChI=1S/C12H20F2N2S/c1-4-15-6-11-5-10(9(2)17-11)7-16(3)8-12(13)14/h5,12,15H,4,6-8H2,1-3H3. The Morgan fingerprint density at radius 2 is 2.18 bits per heavy atom. The molecule has 0 aliphatic carbocycles. The smallest absolute Gasteiger partial charge is 0.251 e.